The molecule has 0 spiro atoms. The third kappa shape index (κ3) is 2.33. The Kier molecular flexibility index (Phi) is 2.85. The molecule has 0 saturated heterocycles. The topological polar surface area (TPSA) is 20.2 Å². The van der Waals surface area contributed by atoms with Crippen LogP contribution < -0.4 is 0 Å². The summed E-state index contributed by atoms with van der Waals surface area (Å²) in [6.07, 6.45) is 0. The van der Waals surface area contributed by atoms with E-state index < -0.39 is 0 Å². The standard InChI is InChI=1S/C14H16OS/c1-14(2,3)16-13-11-7-5-4-6-10(11)8-9-12(13)15/h4-9,15H,1-3H3. The van der Waals surface area contributed by atoms with Gasteiger partial charge in [0.1, 0.15) is 5.75 Å². The summed E-state index contributed by atoms with van der Waals surface area (Å²) in [7, 11) is 0. The molecule has 0 bridgehead atoms. The van der Waals surface area contributed by atoms with E-state index in [1.807, 2.05) is 18.2 Å². The number of thioether (sulfide) groups is 1. The lowest BCUT2D eigenvalue weighted by Gasteiger charge is -2.19. The van der Waals surface area contributed by atoms with Gasteiger partial charge in [0.15, 0.2) is 0 Å². The molecule has 1 N–H and O–H groups in total. The van der Waals surface area contributed by atoms with Crippen molar-refractivity contribution >= 4 is 22.5 Å². The van der Waals surface area contributed by atoms with Gasteiger partial charge in [-0.25, -0.2) is 0 Å². The Bertz CT molecular complexity index is 512. The van der Waals surface area contributed by atoms with E-state index in [1.54, 1.807) is 17.8 Å². The molecule has 0 radical (unpaired) electrons. The number of phenols is 1. The van der Waals surface area contributed by atoms with Crippen LogP contribution in [0.1, 0.15) is 20.8 Å². The van der Waals surface area contributed by atoms with Gasteiger partial charge in [0.05, 0.1) is 4.90 Å². The maximum Gasteiger partial charge on any atom is 0.129 e. The molecule has 0 aromatic heterocycles. The number of hydrogen-bond acceptors (Lipinski definition) is 2. The Morgan fingerprint density at radius 3 is 2.38 bits per heavy atom. The first kappa shape index (κ1) is 11.3. The molecule has 0 amide bonds. The minimum absolute atomic E-state index is 0.0988. The smallest absolute Gasteiger partial charge is 0.129 e. The zero-order valence-electron chi connectivity index (χ0n) is 9.82. The Balaban J connectivity index is 2.62. The molecule has 0 aliphatic rings. The molecule has 0 saturated carbocycles. The van der Waals surface area contributed by atoms with Gasteiger partial charge in [0, 0.05) is 4.75 Å². The summed E-state index contributed by atoms with van der Waals surface area (Å²) in [6, 6.07) is 11.9. The predicted octanol–water partition coefficient (Wildman–Crippen LogP) is 4.44. The Morgan fingerprint density at radius 1 is 1.00 bits per heavy atom. The first-order valence-corrected chi connectivity index (χ1v) is 6.19. The van der Waals surface area contributed by atoms with Crippen molar-refractivity contribution in [1.82, 2.24) is 0 Å². The number of rotatable bonds is 1. The molecule has 0 aliphatic heterocycles. The van der Waals surface area contributed by atoms with Crippen LogP contribution in [-0.2, 0) is 0 Å². The summed E-state index contributed by atoms with van der Waals surface area (Å²) >= 11 is 1.71. The first-order valence-electron chi connectivity index (χ1n) is 5.37. The number of fused-ring (bicyclic) bond motifs is 1. The van der Waals surface area contributed by atoms with Crippen LogP contribution in [0.25, 0.3) is 10.8 Å². The Morgan fingerprint density at radius 2 is 1.69 bits per heavy atom. The van der Waals surface area contributed by atoms with Crippen LogP contribution in [0, 0.1) is 0 Å². The average Bonchev–Trinajstić information content (AvgIpc) is 2.21. The highest BCUT2D eigenvalue weighted by molar-refractivity contribution is 8.00. The molecule has 2 aromatic carbocycles. The summed E-state index contributed by atoms with van der Waals surface area (Å²) in [5.74, 6) is 0.374. The van der Waals surface area contributed by atoms with E-state index in [2.05, 4.69) is 32.9 Å². The molecule has 2 aromatic rings. The van der Waals surface area contributed by atoms with E-state index in [9.17, 15) is 5.11 Å². The summed E-state index contributed by atoms with van der Waals surface area (Å²) < 4.78 is 0.0988. The van der Waals surface area contributed by atoms with Gasteiger partial charge >= 0.3 is 0 Å². The van der Waals surface area contributed by atoms with Crippen LogP contribution in [0.3, 0.4) is 0 Å². The molecule has 1 nitrogen and oxygen atoms in total. The van der Waals surface area contributed by atoms with Crippen molar-refractivity contribution < 1.29 is 5.11 Å². The highest BCUT2D eigenvalue weighted by Gasteiger charge is 2.16. The molecule has 0 unspecified atom stereocenters. The van der Waals surface area contributed by atoms with Gasteiger partial charge in [-0.15, -0.1) is 11.8 Å². The lowest BCUT2D eigenvalue weighted by Crippen LogP contribution is -2.06. The van der Waals surface area contributed by atoms with Crippen LogP contribution in [-0.4, -0.2) is 9.85 Å². The highest BCUT2D eigenvalue weighted by atomic mass is 32.2. The van der Waals surface area contributed by atoms with Crippen molar-refractivity contribution in [1.29, 1.82) is 0 Å². The SMILES string of the molecule is CC(C)(C)Sc1c(O)ccc2ccccc12. The quantitative estimate of drug-likeness (QED) is 0.734. The van der Waals surface area contributed by atoms with Crippen molar-refractivity contribution in [3.63, 3.8) is 0 Å². The summed E-state index contributed by atoms with van der Waals surface area (Å²) in [6.45, 7) is 6.46. The van der Waals surface area contributed by atoms with E-state index in [0.29, 0.717) is 5.75 Å². The van der Waals surface area contributed by atoms with Crippen molar-refractivity contribution in [2.45, 2.75) is 30.4 Å². The van der Waals surface area contributed by atoms with Gasteiger partial charge in [-0.3, -0.25) is 0 Å². The maximum atomic E-state index is 9.95. The molecule has 2 heteroatoms. The van der Waals surface area contributed by atoms with Gasteiger partial charge in [-0.05, 0) is 16.8 Å². The molecule has 0 aliphatic carbocycles. The lowest BCUT2D eigenvalue weighted by atomic mass is 10.1. The minimum atomic E-state index is 0.0988. The second-order valence-corrected chi connectivity index (χ2v) is 6.69. The molecular formula is C14H16OS. The Labute approximate surface area is 100 Å². The molecule has 0 atom stereocenters. The van der Waals surface area contributed by atoms with Crippen LogP contribution in [0.5, 0.6) is 5.75 Å². The third-order valence-electron chi connectivity index (χ3n) is 2.27. The van der Waals surface area contributed by atoms with Gasteiger partial charge < -0.3 is 5.11 Å². The minimum Gasteiger partial charge on any atom is -0.507 e. The Hall–Kier alpha value is -1.15. The zero-order valence-corrected chi connectivity index (χ0v) is 10.6. The van der Waals surface area contributed by atoms with Crippen LogP contribution in [0.4, 0.5) is 0 Å². The lowest BCUT2D eigenvalue weighted by molar-refractivity contribution is 0.463. The fraction of sp³-hybridized carbons (Fsp3) is 0.286. The van der Waals surface area contributed by atoms with Crippen LogP contribution in [0.2, 0.25) is 0 Å². The van der Waals surface area contributed by atoms with Crippen molar-refractivity contribution in [2.75, 3.05) is 0 Å². The van der Waals surface area contributed by atoms with Crippen LogP contribution in [0.15, 0.2) is 41.3 Å². The van der Waals surface area contributed by atoms with Crippen LogP contribution >= 0.6 is 11.8 Å². The van der Waals surface area contributed by atoms with E-state index in [1.165, 1.54) is 5.39 Å². The maximum absolute atomic E-state index is 9.95. The number of hydrogen-bond donors (Lipinski definition) is 1. The van der Waals surface area contributed by atoms with Gasteiger partial charge in [0.2, 0.25) is 0 Å². The second-order valence-electron chi connectivity index (χ2n) is 4.85. The van der Waals surface area contributed by atoms with E-state index in [-0.39, 0.29) is 4.75 Å². The zero-order chi connectivity index (χ0) is 11.8. The normalized spacial score (nSPS) is 11.9. The molecular weight excluding hydrogens is 216 g/mol. The molecule has 84 valence electrons. The largest absolute Gasteiger partial charge is 0.507 e. The van der Waals surface area contributed by atoms with Gasteiger partial charge in [-0.2, -0.15) is 0 Å². The molecule has 2 rings (SSSR count). The van der Waals surface area contributed by atoms with Crippen molar-refractivity contribution in [3.05, 3.63) is 36.4 Å². The monoisotopic (exact) mass is 232 g/mol. The van der Waals surface area contributed by atoms with E-state index >= 15 is 0 Å². The van der Waals surface area contributed by atoms with Crippen molar-refractivity contribution in [3.8, 4) is 5.75 Å². The first-order chi connectivity index (χ1) is 7.47. The second kappa shape index (κ2) is 4.02. The van der Waals surface area contributed by atoms with E-state index in [0.717, 1.165) is 10.3 Å². The predicted molar refractivity (Wildman–Crippen MR) is 71.2 cm³/mol. The highest BCUT2D eigenvalue weighted by Crippen LogP contribution is 2.41. The van der Waals surface area contributed by atoms with Gasteiger partial charge in [-0.1, -0.05) is 51.1 Å². The molecule has 0 fully saturated rings. The van der Waals surface area contributed by atoms with Gasteiger partial charge in [0.25, 0.3) is 0 Å². The number of benzene rings is 2. The summed E-state index contributed by atoms with van der Waals surface area (Å²) in [5.41, 5.74) is 0. The number of aromatic hydroxyl groups is 1. The fourth-order valence-corrected chi connectivity index (χ4v) is 2.73. The number of phenolic OH excluding ortho intramolecular Hbond substituents is 1. The fourth-order valence-electron chi connectivity index (χ4n) is 1.64. The third-order valence-corrected chi connectivity index (χ3v) is 3.51. The summed E-state index contributed by atoms with van der Waals surface area (Å²) in [4.78, 5) is 0.977. The van der Waals surface area contributed by atoms with E-state index in [4.69, 9.17) is 0 Å². The van der Waals surface area contributed by atoms with Crippen molar-refractivity contribution in [2.24, 2.45) is 0 Å². The summed E-state index contributed by atoms with van der Waals surface area (Å²) in [5, 5.41) is 12.3. The molecule has 0 heterocycles. The molecule has 16 heavy (non-hydrogen) atoms. The average molecular weight is 232 g/mol.